The number of aromatic hydroxyl groups is 2. The van der Waals surface area contributed by atoms with Crippen LogP contribution in [0, 0.1) is 0 Å². The number of allylic oxidation sites excluding steroid dienone is 1. The number of phenols is 2. The number of rotatable bonds is 2. The Bertz CT molecular complexity index is 744. The lowest BCUT2D eigenvalue weighted by molar-refractivity contribution is 0.101. The van der Waals surface area contributed by atoms with E-state index in [9.17, 15) is 15.0 Å². The Hall–Kier alpha value is -2.95. The molecule has 1 aliphatic heterocycles. The molecule has 0 spiro atoms. The molecule has 1 heterocycles. The van der Waals surface area contributed by atoms with Gasteiger partial charge >= 0.3 is 0 Å². The molecule has 106 valence electrons. The average molecular weight is 284 g/mol. The number of ether oxygens (including phenoxy) is 2. The van der Waals surface area contributed by atoms with Crippen molar-refractivity contribution in [3.63, 3.8) is 0 Å². The van der Waals surface area contributed by atoms with Gasteiger partial charge in [-0.1, -0.05) is 12.1 Å². The molecule has 0 saturated carbocycles. The molecule has 2 N–H and O–H groups in total. The van der Waals surface area contributed by atoms with Gasteiger partial charge in [0.2, 0.25) is 5.78 Å². The molecular weight excluding hydrogens is 272 g/mol. The Labute approximate surface area is 120 Å². The second-order valence-electron chi connectivity index (χ2n) is 4.55. The number of hydrogen-bond donors (Lipinski definition) is 2. The summed E-state index contributed by atoms with van der Waals surface area (Å²) in [7, 11) is 1.46. The van der Waals surface area contributed by atoms with Crippen LogP contribution in [-0.2, 0) is 0 Å². The highest BCUT2D eigenvalue weighted by molar-refractivity contribution is 6.16. The number of phenolic OH excluding ortho intramolecular Hbond substituents is 2. The van der Waals surface area contributed by atoms with Crippen molar-refractivity contribution in [2.24, 2.45) is 0 Å². The molecule has 0 atom stereocenters. The van der Waals surface area contributed by atoms with Crippen molar-refractivity contribution in [2.45, 2.75) is 0 Å². The van der Waals surface area contributed by atoms with Crippen LogP contribution in [0.5, 0.6) is 23.0 Å². The molecule has 5 heteroatoms. The van der Waals surface area contributed by atoms with Crippen LogP contribution in [0.3, 0.4) is 0 Å². The molecule has 0 bridgehead atoms. The minimum Gasteiger partial charge on any atom is -0.508 e. The zero-order chi connectivity index (χ0) is 15.0. The molecule has 5 nitrogen and oxygen atoms in total. The maximum Gasteiger partial charge on any atom is 0.235 e. The maximum atomic E-state index is 12.2. The predicted octanol–water partition coefficient (Wildman–Crippen LogP) is 2.72. The van der Waals surface area contributed by atoms with Gasteiger partial charge in [0, 0.05) is 12.1 Å². The van der Waals surface area contributed by atoms with E-state index in [4.69, 9.17) is 9.47 Å². The van der Waals surface area contributed by atoms with E-state index in [0.29, 0.717) is 11.3 Å². The molecule has 0 aliphatic carbocycles. The van der Waals surface area contributed by atoms with Gasteiger partial charge in [0.15, 0.2) is 5.76 Å². The highest BCUT2D eigenvalue weighted by atomic mass is 16.5. The fourth-order valence-corrected chi connectivity index (χ4v) is 2.11. The lowest BCUT2D eigenvalue weighted by Crippen LogP contribution is -1.98. The van der Waals surface area contributed by atoms with Gasteiger partial charge in [-0.3, -0.25) is 4.79 Å². The fourth-order valence-electron chi connectivity index (χ4n) is 2.11. The third-order valence-corrected chi connectivity index (χ3v) is 3.15. The van der Waals surface area contributed by atoms with Crippen molar-refractivity contribution in [3.05, 3.63) is 53.3 Å². The molecule has 2 aromatic rings. The van der Waals surface area contributed by atoms with Gasteiger partial charge in [-0.2, -0.15) is 0 Å². The van der Waals surface area contributed by atoms with Gasteiger partial charge in [0.05, 0.1) is 7.11 Å². The Morgan fingerprint density at radius 2 is 1.86 bits per heavy atom. The van der Waals surface area contributed by atoms with E-state index in [1.807, 2.05) is 0 Å². The summed E-state index contributed by atoms with van der Waals surface area (Å²) in [5, 5.41) is 19.1. The lowest BCUT2D eigenvalue weighted by atomic mass is 10.1. The Morgan fingerprint density at radius 1 is 1.14 bits per heavy atom. The van der Waals surface area contributed by atoms with Crippen molar-refractivity contribution in [1.29, 1.82) is 0 Å². The summed E-state index contributed by atoms with van der Waals surface area (Å²) in [6, 6.07) is 9.25. The molecule has 2 aromatic carbocycles. The summed E-state index contributed by atoms with van der Waals surface area (Å²) >= 11 is 0. The molecule has 3 rings (SSSR count). The topological polar surface area (TPSA) is 76.0 Å². The van der Waals surface area contributed by atoms with Crippen LogP contribution < -0.4 is 9.47 Å². The van der Waals surface area contributed by atoms with Crippen LogP contribution in [0.25, 0.3) is 6.08 Å². The van der Waals surface area contributed by atoms with E-state index >= 15 is 0 Å². The third-order valence-electron chi connectivity index (χ3n) is 3.15. The zero-order valence-electron chi connectivity index (χ0n) is 11.2. The van der Waals surface area contributed by atoms with E-state index in [1.165, 1.54) is 25.3 Å². The smallest absolute Gasteiger partial charge is 0.235 e. The molecule has 0 unspecified atom stereocenters. The number of carbonyl (C=O) groups excluding carboxylic acids is 1. The second-order valence-corrected chi connectivity index (χ2v) is 4.55. The number of fused-ring (bicyclic) bond motifs is 1. The molecule has 0 radical (unpaired) electrons. The minimum absolute atomic E-state index is 0.110. The number of carbonyl (C=O) groups is 1. The summed E-state index contributed by atoms with van der Waals surface area (Å²) in [4.78, 5) is 12.2. The largest absolute Gasteiger partial charge is 0.508 e. The van der Waals surface area contributed by atoms with Gasteiger partial charge in [-0.05, 0) is 23.8 Å². The molecule has 21 heavy (non-hydrogen) atoms. The molecule has 1 aliphatic rings. The van der Waals surface area contributed by atoms with Crippen LogP contribution >= 0.6 is 0 Å². The van der Waals surface area contributed by atoms with E-state index in [0.717, 1.165) is 0 Å². The first-order chi connectivity index (χ1) is 10.1. The van der Waals surface area contributed by atoms with Gasteiger partial charge in [-0.15, -0.1) is 0 Å². The SMILES string of the molecule is COc1cc(O)c2c(c1)OC(=Cc1ccc(O)cc1)C2=O. The standard InChI is InChI=1S/C16H12O5/c1-20-11-7-12(18)15-13(8-11)21-14(16(15)19)6-9-2-4-10(17)5-3-9/h2-8,17-18H,1H3. The van der Waals surface area contributed by atoms with E-state index in [1.54, 1.807) is 24.3 Å². The monoisotopic (exact) mass is 284 g/mol. The Morgan fingerprint density at radius 3 is 2.52 bits per heavy atom. The van der Waals surface area contributed by atoms with Gasteiger partial charge < -0.3 is 19.7 Å². The molecule has 0 fully saturated rings. The van der Waals surface area contributed by atoms with E-state index in [2.05, 4.69) is 0 Å². The van der Waals surface area contributed by atoms with E-state index in [-0.39, 0.29) is 28.6 Å². The van der Waals surface area contributed by atoms with Gasteiger partial charge in [-0.25, -0.2) is 0 Å². The van der Waals surface area contributed by atoms with Crippen LogP contribution in [-0.4, -0.2) is 23.1 Å². The van der Waals surface area contributed by atoms with Crippen LogP contribution in [0.4, 0.5) is 0 Å². The average Bonchev–Trinajstić information content (AvgIpc) is 2.78. The number of Topliss-reactive ketones (excluding diaryl/α,β-unsaturated/α-hetero) is 1. The van der Waals surface area contributed by atoms with Crippen LogP contribution in [0.1, 0.15) is 15.9 Å². The second kappa shape index (κ2) is 4.86. The number of methoxy groups -OCH3 is 1. The van der Waals surface area contributed by atoms with Crippen LogP contribution in [0.15, 0.2) is 42.2 Å². The Kier molecular flexibility index (Phi) is 3.02. The number of benzene rings is 2. The molecule has 0 amide bonds. The normalized spacial score (nSPS) is 14.9. The first-order valence-corrected chi connectivity index (χ1v) is 6.23. The summed E-state index contributed by atoms with van der Waals surface area (Å²) in [5.74, 6) is 0.356. The predicted molar refractivity (Wildman–Crippen MR) is 75.7 cm³/mol. The first kappa shape index (κ1) is 13.1. The fraction of sp³-hybridized carbons (Fsp3) is 0.0625. The summed E-state index contributed by atoms with van der Waals surface area (Å²) in [6.07, 6.45) is 1.55. The van der Waals surface area contributed by atoms with Crippen LogP contribution in [0.2, 0.25) is 0 Å². The minimum atomic E-state index is -0.391. The zero-order valence-corrected chi connectivity index (χ0v) is 11.2. The Balaban J connectivity index is 2.00. The van der Waals surface area contributed by atoms with Crippen molar-refractivity contribution >= 4 is 11.9 Å². The summed E-state index contributed by atoms with van der Waals surface area (Å²) in [5.41, 5.74) is 0.830. The van der Waals surface area contributed by atoms with Gasteiger partial charge in [0.25, 0.3) is 0 Å². The first-order valence-electron chi connectivity index (χ1n) is 6.23. The lowest BCUT2D eigenvalue weighted by Gasteiger charge is -2.03. The quantitative estimate of drug-likeness (QED) is 0.829. The number of ketones is 1. The third kappa shape index (κ3) is 2.29. The van der Waals surface area contributed by atoms with Crippen molar-refractivity contribution in [2.75, 3.05) is 7.11 Å². The molecule has 0 aromatic heterocycles. The number of hydrogen-bond acceptors (Lipinski definition) is 5. The van der Waals surface area contributed by atoms with Gasteiger partial charge in [0.1, 0.15) is 28.6 Å². The molecular formula is C16H12O5. The highest BCUT2D eigenvalue weighted by Gasteiger charge is 2.31. The van der Waals surface area contributed by atoms with Crippen molar-refractivity contribution in [3.8, 4) is 23.0 Å². The highest BCUT2D eigenvalue weighted by Crippen LogP contribution is 2.40. The van der Waals surface area contributed by atoms with Crippen molar-refractivity contribution < 1.29 is 24.5 Å². The summed E-state index contributed by atoms with van der Waals surface area (Å²) in [6.45, 7) is 0. The maximum absolute atomic E-state index is 12.2. The van der Waals surface area contributed by atoms with Crippen molar-refractivity contribution in [1.82, 2.24) is 0 Å². The van der Waals surface area contributed by atoms with E-state index < -0.39 is 5.78 Å². The molecule has 0 saturated heterocycles. The summed E-state index contributed by atoms with van der Waals surface area (Å²) < 4.78 is 10.5.